The van der Waals surface area contributed by atoms with Crippen molar-refractivity contribution in [3.63, 3.8) is 0 Å². The molecule has 1 unspecified atom stereocenters. The summed E-state index contributed by atoms with van der Waals surface area (Å²) >= 11 is 0. The van der Waals surface area contributed by atoms with Gasteiger partial charge >= 0.3 is 5.97 Å². The molecule has 0 aliphatic carbocycles. The van der Waals surface area contributed by atoms with E-state index in [2.05, 4.69) is 10.3 Å². The van der Waals surface area contributed by atoms with Gasteiger partial charge in [0.05, 0.1) is 12.9 Å². The number of pyridine rings is 1. The van der Waals surface area contributed by atoms with Crippen LogP contribution in [-0.4, -0.2) is 23.4 Å². The Hall–Kier alpha value is -4.03. The smallest absolute Gasteiger partial charge is 0.338 e. The highest BCUT2D eigenvalue weighted by atomic mass is 16.5. The van der Waals surface area contributed by atoms with Gasteiger partial charge in [0.25, 0.3) is 0 Å². The molecule has 1 aromatic heterocycles. The topological polar surface area (TPSA) is 94.3 Å². The largest absolute Gasteiger partial charge is 0.457 e. The predicted molar refractivity (Wildman–Crippen MR) is 134 cm³/mol. The highest BCUT2D eigenvalue weighted by Gasteiger charge is 2.19. The molecule has 0 saturated heterocycles. The number of aryl methyl sites for hydroxylation is 2. The first kappa shape index (κ1) is 19.4. The van der Waals surface area contributed by atoms with E-state index in [9.17, 15) is 9.59 Å². The number of esters is 1. The maximum atomic E-state index is 13.1. The van der Waals surface area contributed by atoms with Crippen LogP contribution >= 0.6 is 0 Å². The third kappa shape index (κ3) is 5.30. The number of aromatic nitrogens is 1. The fourth-order valence-electron chi connectivity index (χ4n) is 3.72. The second-order valence-corrected chi connectivity index (χ2v) is 8.08. The zero-order valence-corrected chi connectivity index (χ0v) is 19.0. The van der Waals surface area contributed by atoms with Gasteiger partial charge in [-0.3, -0.25) is 9.78 Å². The molecule has 34 heavy (non-hydrogen) atoms. The monoisotopic (exact) mass is 456 g/mol. The number of hydrogen-bond acceptors (Lipinski definition) is 5. The average Bonchev–Trinajstić information content (AvgIpc) is 2.82. The zero-order valence-electron chi connectivity index (χ0n) is 22.0. The van der Waals surface area contributed by atoms with E-state index in [-0.39, 0.29) is 12.8 Å². The van der Waals surface area contributed by atoms with E-state index in [1.165, 1.54) is 6.20 Å². The number of nitrogens with one attached hydrogen (secondary N) is 1. The molecule has 4 rings (SSSR count). The van der Waals surface area contributed by atoms with Crippen molar-refractivity contribution >= 4 is 28.3 Å². The first-order valence-corrected chi connectivity index (χ1v) is 10.8. The van der Waals surface area contributed by atoms with Crippen LogP contribution in [0.5, 0.6) is 0 Å². The number of carbonyl (C=O) groups is 2. The van der Waals surface area contributed by atoms with Crippen molar-refractivity contribution in [1.82, 2.24) is 4.98 Å². The van der Waals surface area contributed by atoms with Crippen molar-refractivity contribution in [2.45, 2.75) is 26.4 Å². The molecule has 0 radical (unpaired) electrons. The molecule has 6 heteroatoms. The Kier molecular flexibility index (Phi) is 5.87. The van der Waals surface area contributed by atoms with E-state index in [1.807, 2.05) is 26.0 Å². The number of hydrogen-bond donors (Lipinski definition) is 2. The molecule has 1 heterocycles. The van der Waals surface area contributed by atoms with Crippen LogP contribution in [0.1, 0.15) is 42.6 Å². The lowest BCUT2D eigenvalue weighted by atomic mass is 9.97. The molecule has 0 bridgehead atoms. The Morgan fingerprint density at radius 3 is 2.59 bits per heavy atom. The van der Waals surface area contributed by atoms with Gasteiger partial charge in [-0.05, 0) is 60.2 Å². The first-order valence-electron chi connectivity index (χ1n) is 12.3. The summed E-state index contributed by atoms with van der Waals surface area (Å²) in [5, 5.41) is 4.10. The summed E-state index contributed by atoms with van der Waals surface area (Å²) in [6.07, 6.45) is 1.64. The van der Waals surface area contributed by atoms with Crippen molar-refractivity contribution in [2.24, 2.45) is 5.73 Å². The maximum Gasteiger partial charge on any atom is 0.338 e. The normalized spacial score (nSPS) is 13.4. The minimum Gasteiger partial charge on any atom is -0.457 e. The van der Waals surface area contributed by atoms with Gasteiger partial charge in [-0.2, -0.15) is 0 Å². The van der Waals surface area contributed by atoms with Crippen LogP contribution in [0.3, 0.4) is 0 Å². The van der Waals surface area contributed by atoms with Crippen molar-refractivity contribution in [1.29, 1.82) is 0 Å². The van der Waals surface area contributed by atoms with Gasteiger partial charge in [-0.1, -0.05) is 48.0 Å². The number of rotatable bonds is 7. The minimum absolute atomic E-state index is 0.0305. The van der Waals surface area contributed by atoms with Crippen LogP contribution in [-0.2, 0) is 16.1 Å². The number of carbonyl (C=O) groups excluding carboxylic acids is 2. The number of nitrogens with zero attached hydrogens (tertiary/aromatic N) is 1. The molecule has 0 saturated carbocycles. The number of ether oxygens (including phenoxy) is 1. The molecular formula is C28H27N3O3. The predicted octanol–water partition coefficient (Wildman–Crippen LogP) is 4.89. The van der Waals surface area contributed by atoms with Gasteiger partial charge < -0.3 is 15.8 Å². The molecule has 0 spiro atoms. The van der Waals surface area contributed by atoms with E-state index < -0.39 is 24.3 Å². The Morgan fingerprint density at radius 1 is 1.06 bits per heavy atom. The van der Waals surface area contributed by atoms with Crippen LogP contribution in [0, 0.1) is 13.8 Å². The SMILES string of the molecule is [2H]c1nccc2cc(NC(=O)C(c3ccc(COC(=O)c4ccc(C)cc4C)cc3)C([2H])([2H])N)ccc12. The van der Waals surface area contributed by atoms with Crippen LogP contribution in [0.15, 0.2) is 79.1 Å². The Balaban J connectivity index is 1.47. The third-order valence-corrected chi connectivity index (χ3v) is 5.55. The van der Waals surface area contributed by atoms with Gasteiger partial charge in [0, 0.05) is 32.7 Å². The summed E-state index contributed by atoms with van der Waals surface area (Å²) in [7, 11) is 0. The fraction of sp³-hybridized carbons (Fsp3) is 0.179. The van der Waals surface area contributed by atoms with Crippen molar-refractivity contribution < 1.29 is 18.4 Å². The van der Waals surface area contributed by atoms with E-state index in [4.69, 9.17) is 14.6 Å². The summed E-state index contributed by atoms with van der Waals surface area (Å²) in [6.45, 7) is 1.50. The highest BCUT2D eigenvalue weighted by Crippen LogP contribution is 2.22. The summed E-state index contributed by atoms with van der Waals surface area (Å²) in [4.78, 5) is 29.5. The van der Waals surface area contributed by atoms with Crippen LogP contribution < -0.4 is 11.1 Å². The Morgan fingerprint density at radius 2 is 1.85 bits per heavy atom. The zero-order chi connectivity index (χ0) is 26.7. The molecule has 0 aliphatic rings. The van der Waals surface area contributed by atoms with Gasteiger partial charge in [0.15, 0.2) is 0 Å². The van der Waals surface area contributed by atoms with Gasteiger partial charge in [-0.15, -0.1) is 0 Å². The number of fused-ring (bicyclic) bond motifs is 1. The van der Waals surface area contributed by atoms with Gasteiger partial charge in [0.1, 0.15) is 6.61 Å². The molecule has 0 aliphatic heterocycles. The third-order valence-electron chi connectivity index (χ3n) is 5.55. The number of anilines is 1. The van der Waals surface area contributed by atoms with Gasteiger partial charge in [0.2, 0.25) is 5.91 Å². The molecule has 6 nitrogen and oxygen atoms in total. The van der Waals surface area contributed by atoms with E-state index in [1.54, 1.807) is 54.6 Å². The van der Waals surface area contributed by atoms with Crippen LogP contribution in [0.25, 0.3) is 10.8 Å². The molecule has 1 amide bonds. The van der Waals surface area contributed by atoms with E-state index in [0.717, 1.165) is 16.5 Å². The Bertz CT molecular complexity index is 1470. The van der Waals surface area contributed by atoms with Crippen molar-refractivity contribution in [3.05, 3.63) is 107 Å². The Labute approximate surface area is 203 Å². The van der Waals surface area contributed by atoms with Crippen LogP contribution in [0.2, 0.25) is 0 Å². The summed E-state index contributed by atoms with van der Waals surface area (Å²) in [5.74, 6) is -2.33. The standard InChI is InChI=1S/C28H27N3O3/c1-18-3-10-25(19(2)13-18)28(33)34-17-20-4-6-21(7-5-20)26(15-29)27(32)31-24-9-8-23-16-30-12-11-22(23)14-24/h3-14,16,26H,15,17,29H2,1-2H3,(H,31,32)/i15D2,16D. The molecule has 4 aromatic rings. The first-order chi connectivity index (χ1) is 17.5. The lowest BCUT2D eigenvalue weighted by Crippen LogP contribution is -2.27. The number of amides is 1. The molecule has 3 aromatic carbocycles. The molecule has 3 N–H and O–H groups in total. The second-order valence-electron chi connectivity index (χ2n) is 8.08. The molecule has 0 fully saturated rings. The maximum absolute atomic E-state index is 13.1. The highest BCUT2D eigenvalue weighted by molar-refractivity contribution is 5.98. The van der Waals surface area contributed by atoms with Crippen LogP contribution in [0.4, 0.5) is 5.69 Å². The summed E-state index contributed by atoms with van der Waals surface area (Å²) in [6, 6.07) is 18.8. The summed E-state index contributed by atoms with van der Waals surface area (Å²) in [5.41, 5.74) is 9.69. The minimum atomic E-state index is -2.34. The summed E-state index contributed by atoms with van der Waals surface area (Å²) < 4.78 is 29.5. The quantitative estimate of drug-likeness (QED) is 0.386. The fourth-order valence-corrected chi connectivity index (χ4v) is 3.72. The van der Waals surface area contributed by atoms with E-state index >= 15 is 0 Å². The molecule has 1 atom stereocenters. The lowest BCUT2D eigenvalue weighted by molar-refractivity contribution is -0.117. The molecule has 172 valence electrons. The van der Waals surface area contributed by atoms with Crippen molar-refractivity contribution in [3.8, 4) is 0 Å². The van der Waals surface area contributed by atoms with Gasteiger partial charge in [-0.25, -0.2) is 4.79 Å². The lowest BCUT2D eigenvalue weighted by Gasteiger charge is -2.16. The van der Waals surface area contributed by atoms with E-state index in [0.29, 0.717) is 27.8 Å². The second kappa shape index (κ2) is 10.3. The average molecular weight is 457 g/mol. The number of benzene rings is 3. The molecular weight excluding hydrogens is 426 g/mol. The number of nitrogens with two attached hydrogens (primary N) is 1. The van der Waals surface area contributed by atoms with Crippen molar-refractivity contribution in [2.75, 3.05) is 11.8 Å².